The Labute approximate surface area is 139 Å². The monoisotopic (exact) mass is 352 g/mol. The van der Waals surface area contributed by atoms with Crippen LogP contribution in [0.25, 0.3) is 11.0 Å². The van der Waals surface area contributed by atoms with Crippen molar-refractivity contribution >= 4 is 22.8 Å². The van der Waals surface area contributed by atoms with E-state index in [2.05, 4.69) is 25.3 Å². The van der Waals surface area contributed by atoms with Gasteiger partial charge in [-0.2, -0.15) is 18.2 Å². The van der Waals surface area contributed by atoms with Gasteiger partial charge in [0.05, 0.1) is 11.0 Å². The van der Waals surface area contributed by atoms with Crippen LogP contribution in [0.5, 0.6) is 0 Å². The largest absolute Gasteiger partial charge is 0.433 e. The van der Waals surface area contributed by atoms with Gasteiger partial charge in [-0.25, -0.2) is 9.78 Å². The van der Waals surface area contributed by atoms with Crippen LogP contribution in [0.4, 0.5) is 24.9 Å². The van der Waals surface area contributed by atoms with Crippen molar-refractivity contribution in [3.63, 3.8) is 0 Å². The Morgan fingerprint density at radius 1 is 1.12 bits per heavy atom. The smallest absolute Gasteiger partial charge is 0.363 e. The van der Waals surface area contributed by atoms with Crippen molar-refractivity contribution in [2.75, 3.05) is 24.3 Å². The van der Waals surface area contributed by atoms with Gasteiger partial charge in [0, 0.05) is 26.7 Å². The summed E-state index contributed by atoms with van der Waals surface area (Å²) in [6.07, 6.45) is -4.56. The lowest BCUT2D eigenvalue weighted by molar-refractivity contribution is -0.141. The van der Waals surface area contributed by atoms with Crippen molar-refractivity contribution in [3.05, 3.63) is 46.0 Å². The molecule has 0 atom stereocenters. The number of fused-ring (bicyclic) bond motifs is 1. The second kappa shape index (κ2) is 6.11. The number of imidazole rings is 1. The maximum Gasteiger partial charge on any atom is 0.433 e. The van der Waals surface area contributed by atoms with Crippen LogP contribution >= 0.6 is 0 Å². The molecule has 0 unspecified atom stereocenters. The first kappa shape index (κ1) is 16.8. The van der Waals surface area contributed by atoms with Crippen LogP contribution in [0.2, 0.25) is 0 Å². The zero-order valence-corrected chi connectivity index (χ0v) is 13.4. The molecule has 0 aliphatic heterocycles. The molecule has 3 aromatic rings. The SMILES string of the molecule is CN(C)c1cc(C(F)(F)F)nc(NCc2ccc3[nH]c(=O)[nH]c3c2)n1. The quantitative estimate of drug-likeness (QED) is 0.671. The van der Waals surface area contributed by atoms with E-state index in [0.29, 0.717) is 11.0 Å². The maximum absolute atomic E-state index is 13.0. The van der Waals surface area contributed by atoms with Crippen molar-refractivity contribution in [2.45, 2.75) is 12.7 Å². The molecular formula is C15H15F3N6O. The number of hydrogen-bond donors (Lipinski definition) is 3. The summed E-state index contributed by atoms with van der Waals surface area (Å²) in [6, 6.07) is 6.07. The summed E-state index contributed by atoms with van der Waals surface area (Å²) < 4.78 is 38.9. The van der Waals surface area contributed by atoms with Gasteiger partial charge in [0.15, 0.2) is 5.69 Å². The molecular weight excluding hydrogens is 337 g/mol. The summed E-state index contributed by atoms with van der Waals surface area (Å²) in [4.78, 5) is 25.6. The Balaban J connectivity index is 1.85. The van der Waals surface area contributed by atoms with E-state index >= 15 is 0 Å². The zero-order chi connectivity index (χ0) is 18.2. The predicted molar refractivity (Wildman–Crippen MR) is 87.6 cm³/mol. The Morgan fingerprint density at radius 3 is 2.52 bits per heavy atom. The molecule has 0 saturated heterocycles. The number of hydrogen-bond acceptors (Lipinski definition) is 5. The molecule has 0 radical (unpaired) electrons. The van der Waals surface area contributed by atoms with Gasteiger partial charge in [-0.1, -0.05) is 6.07 Å². The van der Waals surface area contributed by atoms with Crippen LogP contribution in [-0.4, -0.2) is 34.0 Å². The topological polar surface area (TPSA) is 89.7 Å². The molecule has 0 aliphatic rings. The van der Waals surface area contributed by atoms with Crippen molar-refractivity contribution in [2.24, 2.45) is 0 Å². The number of rotatable bonds is 4. The highest BCUT2D eigenvalue weighted by Gasteiger charge is 2.34. The summed E-state index contributed by atoms with van der Waals surface area (Å²) in [5, 5.41) is 2.79. The third-order valence-electron chi connectivity index (χ3n) is 3.49. The zero-order valence-electron chi connectivity index (χ0n) is 13.4. The molecule has 1 aromatic carbocycles. The summed E-state index contributed by atoms with van der Waals surface area (Å²) in [6.45, 7) is 0.206. The highest BCUT2D eigenvalue weighted by atomic mass is 19.4. The van der Waals surface area contributed by atoms with Crippen LogP contribution in [0, 0.1) is 0 Å². The fraction of sp³-hybridized carbons (Fsp3) is 0.267. The van der Waals surface area contributed by atoms with E-state index in [9.17, 15) is 18.0 Å². The second-order valence-corrected chi connectivity index (χ2v) is 5.64. The third kappa shape index (κ3) is 3.73. The van der Waals surface area contributed by atoms with E-state index in [1.54, 1.807) is 32.3 Å². The summed E-state index contributed by atoms with van der Waals surface area (Å²) in [5.74, 6) is 0.0245. The van der Waals surface area contributed by atoms with Gasteiger partial charge >= 0.3 is 11.9 Å². The Kier molecular flexibility index (Phi) is 4.11. The van der Waals surface area contributed by atoms with E-state index in [1.165, 1.54) is 4.90 Å². The fourth-order valence-corrected chi connectivity index (χ4v) is 2.26. The molecule has 10 heteroatoms. The molecule has 132 valence electrons. The number of alkyl halides is 3. The molecule has 3 rings (SSSR count). The summed E-state index contributed by atoms with van der Waals surface area (Å²) in [5.41, 5.74) is 0.688. The third-order valence-corrected chi connectivity index (χ3v) is 3.49. The first-order valence-corrected chi connectivity index (χ1v) is 7.31. The minimum atomic E-state index is -4.56. The Morgan fingerprint density at radius 2 is 1.84 bits per heavy atom. The summed E-state index contributed by atoms with van der Waals surface area (Å²) in [7, 11) is 3.20. The number of aromatic amines is 2. The Hall–Kier alpha value is -3.04. The highest BCUT2D eigenvalue weighted by molar-refractivity contribution is 5.75. The molecule has 7 nitrogen and oxygen atoms in total. The number of anilines is 2. The number of benzene rings is 1. The number of nitrogens with zero attached hydrogens (tertiary/aromatic N) is 3. The van der Waals surface area contributed by atoms with Gasteiger partial charge in [-0.15, -0.1) is 0 Å². The average Bonchev–Trinajstić information content (AvgIpc) is 2.91. The first-order valence-electron chi connectivity index (χ1n) is 7.31. The van der Waals surface area contributed by atoms with Crippen LogP contribution in [0.1, 0.15) is 11.3 Å². The molecule has 0 saturated carbocycles. The molecule has 25 heavy (non-hydrogen) atoms. The van der Waals surface area contributed by atoms with Crippen LogP contribution in [-0.2, 0) is 12.7 Å². The number of halogens is 3. The fourth-order valence-electron chi connectivity index (χ4n) is 2.26. The molecule has 0 fully saturated rings. The molecule has 2 aromatic heterocycles. The van der Waals surface area contributed by atoms with Gasteiger partial charge in [0.2, 0.25) is 5.95 Å². The molecule has 0 bridgehead atoms. The molecule has 0 aliphatic carbocycles. The van der Waals surface area contributed by atoms with E-state index in [0.717, 1.165) is 11.6 Å². The van der Waals surface area contributed by atoms with Gasteiger partial charge in [0.1, 0.15) is 5.82 Å². The number of aromatic nitrogens is 4. The van der Waals surface area contributed by atoms with E-state index in [1.807, 2.05) is 0 Å². The van der Waals surface area contributed by atoms with Gasteiger partial charge in [0.25, 0.3) is 0 Å². The standard InChI is InChI=1S/C15H15F3N6O/c1-24(2)12-6-11(15(16,17)18)22-13(23-12)19-7-8-3-4-9-10(5-8)21-14(25)20-9/h3-6H,7H2,1-2H3,(H,19,22,23)(H2,20,21,25). The van der Waals surface area contributed by atoms with E-state index < -0.39 is 11.9 Å². The minimum absolute atomic E-state index is 0.124. The van der Waals surface area contributed by atoms with Crippen molar-refractivity contribution in [1.82, 2.24) is 19.9 Å². The lowest BCUT2D eigenvalue weighted by atomic mass is 10.2. The first-order chi connectivity index (χ1) is 11.7. The second-order valence-electron chi connectivity index (χ2n) is 5.64. The molecule has 3 N–H and O–H groups in total. The number of H-pyrrole nitrogens is 2. The molecule has 2 heterocycles. The average molecular weight is 352 g/mol. The van der Waals surface area contributed by atoms with Crippen LogP contribution in [0.15, 0.2) is 29.1 Å². The van der Waals surface area contributed by atoms with Crippen LogP contribution in [0.3, 0.4) is 0 Å². The molecule has 0 amide bonds. The van der Waals surface area contributed by atoms with Gasteiger partial charge in [-0.3, -0.25) is 0 Å². The van der Waals surface area contributed by atoms with Gasteiger partial charge < -0.3 is 20.2 Å². The predicted octanol–water partition coefficient (Wildman–Crippen LogP) is 2.34. The van der Waals surface area contributed by atoms with Crippen LogP contribution < -0.4 is 15.9 Å². The van der Waals surface area contributed by atoms with E-state index in [4.69, 9.17) is 0 Å². The lowest BCUT2D eigenvalue weighted by Crippen LogP contribution is -2.17. The van der Waals surface area contributed by atoms with Gasteiger partial charge in [-0.05, 0) is 17.7 Å². The Bertz CT molecular complexity index is 960. The van der Waals surface area contributed by atoms with E-state index in [-0.39, 0.29) is 24.0 Å². The maximum atomic E-state index is 13.0. The van der Waals surface area contributed by atoms with Crippen molar-refractivity contribution in [1.29, 1.82) is 0 Å². The highest BCUT2D eigenvalue weighted by Crippen LogP contribution is 2.30. The number of nitrogens with one attached hydrogen (secondary N) is 3. The minimum Gasteiger partial charge on any atom is -0.363 e. The van der Waals surface area contributed by atoms with Crippen molar-refractivity contribution in [3.8, 4) is 0 Å². The summed E-state index contributed by atoms with van der Waals surface area (Å²) >= 11 is 0. The lowest BCUT2D eigenvalue weighted by Gasteiger charge is -2.16. The van der Waals surface area contributed by atoms with Crippen molar-refractivity contribution < 1.29 is 13.2 Å². The normalized spacial score (nSPS) is 11.7. The molecule has 0 spiro atoms.